The fraction of sp³-hybridized carbons (Fsp3) is 0.545. The van der Waals surface area contributed by atoms with E-state index in [2.05, 4.69) is 29.1 Å². The Morgan fingerprint density at radius 2 is 2.06 bits per heavy atom. The molecule has 1 atom stereocenters. The highest BCUT2D eigenvalue weighted by Crippen LogP contribution is 2.07. The molecule has 0 bridgehead atoms. The zero-order chi connectivity index (χ0) is 12.0. The topological polar surface area (TPSA) is 54.9 Å². The molecule has 1 aromatic rings. The van der Waals surface area contributed by atoms with Gasteiger partial charge in [0.25, 0.3) is 5.91 Å². The van der Waals surface area contributed by atoms with Crippen LogP contribution in [0.25, 0.3) is 0 Å². The van der Waals surface area contributed by atoms with Crippen LogP contribution in [0.1, 0.15) is 30.6 Å². The maximum Gasteiger partial charge on any atom is 0.254 e. The summed E-state index contributed by atoms with van der Waals surface area (Å²) in [5, 5.41) is 2.86. The number of hydrogen-bond donors (Lipinski definition) is 1. The summed E-state index contributed by atoms with van der Waals surface area (Å²) in [6.45, 7) is 4.19. The van der Waals surface area contributed by atoms with Gasteiger partial charge in [0.2, 0.25) is 0 Å². The zero-order valence-electron chi connectivity index (χ0n) is 9.48. The third-order valence-corrected chi connectivity index (χ3v) is 2.47. The van der Waals surface area contributed by atoms with E-state index < -0.39 is 0 Å². The number of alkyl halides is 1. The summed E-state index contributed by atoms with van der Waals surface area (Å²) in [5.74, 6) is 0.736. The summed E-state index contributed by atoms with van der Waals surface area (Å²) in [6, 6.07) is -0.00521. The normalized spacial score (nSPS) is 12.5. The molecular formula is C11H16ClN3O. The molecule has 0 saturated heterocycles. The van der Waals surface area contributed by atoms with Crippen molar-refractivity contribution in [3.63, 3.8) is 0 Å². The van der Waals surface area contributed by atoms with Gasteiger partial charge in [0.1, 0.15) is 6.33 Å². The lowest BCUT2D eigenvalue weighted by Crippen LogP contribution is -2.37. The molecule has 5 heteroatoms. The Morgan fingerprint density at radius 3 is 2.56 bits per heavy atom. The molecule has 0 aromatic carbocycles. The first-order valence-corrected chi connectivity index (χ1v) is 5.78. The van der Waals surface area contributed by atoms with Crippen molar-refractivity contribution in [2.24, 2.45) is 5.92 Å². The van der Waals surface area contributed by atoms with Crippen LogP contribution in [0.4, 0.5) is 0 Å². The first kappa shape index (κ1) is 12.9. The first-order valence-electron chi connectivity index (χ1n) is 5.25. The van der Waals surface area contributed by atoms with Gasteiger partial charge in [-0.2, -0.15) is 0 Å². The van der Waals surface area contributed by atoms with Crippen molar-refractivity contribution < 1.29 is 4.79 Å². The summed E-state index contributed by atoms with van der Waals surface area (Å²) < 4.78 is 0. The maximum atomic E-state index is 11.7. The van der Waals surface area contributed by atoms with E-state index in [1.807, 2.05) is 0 Å². The minimum atomic E-state index is -0.174. The molecule has 0 spiro atoms. The molecule has 4 nitrogen and oxygen atoms in total. The molecule has 1 rings (SSSR count). The summed E-state index contributed by atoms with van der Waals surface area (Å²) in [5.41, 5.74) is 0.460. The van der Waals surface area contributed by atoms with Crippen molar-refractivity contribution in [2.75, 3.05) is 5.88 Å². The third-order valence-electron chi connectivity index (χ3n) is 2.10. The first-order chi connectivity index (χ1) is 7.63. The largest absolute Gasteiger partial charge is 0.348 e. The maximum absolute atomic E-state index is 11.7. The van der Waals surface area contributed by atoms with E-state index in [1.54, 1.807) is 0 Å². The molecule has 0 aliphatic rings. The molecule has 0 fully saturated rings. The molecule has 0 radical (unpaired) electrons. The van der Waals surface area contributed by atoms with E-state index in [-0.39, 0.29) is 11.9 Å². The molecule has 0 aliphatic heterocycles. The summed E-state index contributed by atoms with van der Waals surface area (Å²) >= 11 is 5.80. The van der Waals surface area contributed by atoms with Gasteiger partial charge in [-0.05, 0) is 12.3 Å². The quantitative estimate of drug-likeness (QED) is 0.801. The molecule has 1 amide bonds. The van der Waals surface area contributed by atoms with Gasteiger partial charge in [-0.1, -0.05) is 13.8 Å². The lowest BCUT2D eigenvalue weighted by Gasteiger charge is -2.17. The predicted molar refractivity (Wildman–Crippen MR) is 63.5 cm³/mol. The molecule has 1 N–H and O–H groups in total. The average molecular weight is 242 g/mol. The Bertz CT molecular complexity index is 329. The molecule has 1 unspecified atom stereocenters. The van der Waals surface area contributed by atoms with Gasteiger partial charge in [0, 0.05) is 24.3 Å². The lowest BCUT2D eigenvalue weighted by molar-refractivity contribution is 0.0936. The van der Waals surface area contributed by atoms with Gasteiger partial charge in [-0.15, -0.1) is 11.6 Å². The highest BCUT2D eigenvalue weighted by atomic mass is 35.5. The van der Waals surface area contributed by atoms with Crippen molar-refractivity contribution in [3.05, 3.63) is 24.3 Å². The van der Waals surface area contributed by atoms with Crippen LogP contribution in [0.5, 0.6) is 0 Å². The minimum Gasteiger partial charge on any atom is -0.348 e. The van der Waals surface area contributed by atoms with Crippen LogP contribution in [-0.2, 0) is 0 Å². The van der Waals surface area contributed by atoms with Gasteiger partial charge < -0.3 is 5.32 Å². The number of halogens is 1. The van der Waals surface area contributed by atoms with E-state index in [0.717, 1.165) is 6.42 Å². The van der Waals surface area contributed by atoms with Crippen molar-refractivity contribution in [1.29, 1.82) is 0 Å². The van der Waals surface area contributed by atoms with E-state index in [1.165, 1.54) is 18.7 Å². The second kappa shape index (κ2) is 6.43. The molecule has 88 valence electrons. The highest BCUT2D eigenvalue weighted by Gasteiger charge is 2.14. The molecule has 0 saturated carbocycles. The summed E-state index contributed by atoms with van der Waals surface area (Å²) in [6.07, 6.45) is 5.23. The van der Waals surface area contributed by atoms with E-state index in [0.29, 0.717) is 17.4 Å². The van der Waals surface area contributed by atoms with Crippen LogP contribution in [0.3, 0.4) is 0 Å². The van der Waals surface area contributed by atoms with Gasteiger partial charge >= 0.3 is 0 Å². The highest BCUT2D eigenvalue weighted by molar-refractivity contribution is 6.18. The Kier molecular flexibility index (Phi) is 5.19. The van der Waals surface area contributed by atoms with Crippen molar-refractivity contribution >= 4 is 17.5 Å². The van der Waals surface area contributed by atoms with Crippen LogP contribution in [0.2, 0.25) is 0 Å². The molecule has 1 heterocycles. The average Bonchev–Trinajstić information content (AvgIpc) is 2.28. The van der Waals surface area contributed by atoms with Crippen LogP contribution in [0.15, 0.2) is 18.7 Å². The van der Waals surface area contributed by atoms with Crippen molar-refractivity contribution in [2.45, 2.75) is 26.3 Å². The number of carbonyl (C=O) groups is 1. The number of hydrogen-bond acceptors (Lipinski definition) is 3. The molecule has 1 aromatic heterocycles. The predicted octanol–water partition coefficient (Wildman–Crippen LogP) is 1.86. The second-order valence-electron chi connectivity index (χ2n) is 4.08. The fourth-order valence-corrected chi connectivity index (χ4v) is 1.62. The van der Waals surface area contributed by atoms with Crippen LogP contribution in [-0.4, -0.2) is 27.8 Å². The van der Waals surface area contributed by atoms with Crippen LogP contribution < -0.4 is 5.32 Å². The van der Waals surface area contributed by atoms with Crippen molar-refractivity contribution in [3.8, 4) is 0 Å². The van der Waals surface area contributed by atoms with Gasteiger partial charge in [-0.3, -0.25) is 4.79 Å². The molecule has 16 heavy (non-hydrogen) atoms. The SMILES string of the molecule is CC(C)CC(CCl)NC(=O)c1cncnc1. The number of nitrogens with zero attached hydrogens (tertiary/aromatic N) is 2. The van der Waals surface area contributed by atoms with Crippen LogP contribution >= 0.6 is 11.6 Å². The number of amides is 1. The lowest BCUT2D eigenvalue weighted by atomic mass is 10.0. The second-order valence-corrected chi connectivity index (χ2v) is 4.39. The minimum absolute atomic E-state index is 0.00521. The Hall–Kier alpha value is -1.16. The number of rotatable bonds is 5. The number of carbonyl (C=O) groups excluding carboxylic acids is 1. The number of aromatic nitrogens is 2. The van der Waals surface area contributed by atoms with E-state index in [9.17, 15) is 4.79 Å². The monoisotopic (exact) mass is 241 g/mol. The smallest absolute Gasteiger partial charge is 0.254 e. The summed E-state index contributed by atoms with van der Waals surface area (Å²) in [4.78, 5) is 19.3. The standard InChI is InChI=1S/C11H16ClN3O/c1-8(2)3-10(4-12)15-11(16)9-5-13-7-14-6-9/h5-8,10H,3-4H2,1-2H3,(H,15,16). The Morgan fingerprint density at radius 1 is 1.44 bits per heavy atom. The molecule has 0 aliphatic carbocycles. The van der Waals surface area contributed by atoms with Crippen LogP contribution in [0, 0.1) is 5.92 Å². The zero-order valence-corrected chi connectivity index (χ0v) is 10.2. The van der Waals surface area contributed by atoms with E-state index in [4.69, 9.17) is 11.6 Å². The van der Waals surface area contributed by atoms with E-state index >= 15 is 0 Å². The van der Waals surface area contributed by atoms with Gasteiger partial charge in [0.05, 0.1) is 5.56 Å². The van der Waals surface area contributed by atoms with Gasteiger partial charge in [-0.25, -0.2) is 9.97 Å². The van der Waals surface area contributed by atoms with Gasteiger partial charge in [0.15, 0.2) is 0 Å². The summed E-state index contributed by atoms with van der Waals surface area (Å²) in [7, 11) is 0. The Balaban J connectivity index is 2.56. The fourth-order valence-electron chi connectivity index (χ4n) is 1.41. The third kappa shape index (κ3) is 4.14. The number of nitrogens with one attached hydrogen (secondary N) is 1. The molecular weight excluding hydrogens is 226 g/mol. The Labute approximate surface area is 100 Å². The van der Waals surface area contributed by atoms with Crippen molar-refractivity contribution in [1.82, 2.24) is 15.3 Å².